The Morgan fingerprint density at radius 1 is 1.04 bits per heavy atom. The van der Waals surface area contributed by atoms with E-state index in [4.69, 9.17) is 4.74 Å². The van der Waals surface area contributed by atoms with Crippen molar-refractivity contribution in [2.75, 3.05) is 63.9 Å². The topological polar surface area (TPSA) is 44.7 Å². The van der Waals surface area contributed by atoms with Crippen LogP contribution in [0, 0.1) is 11.8 Å². The second-order valence-corrected chi connectivity index (χ2v) is 6.62. The van der Waals surface area contributed by atoms with E-state index < -0.39 is 0 Å². The number of hydrogen-bond donors (Lipinski definition) is 0. The van der Waals surface area contributed by atoms with Crippen LogP contribution >= 0.6 is 0 Å². The van der Waals surface area contributed by atoms with Gasteiger partial charge >= 0.3 is 0 Å². The number of likely N-dealkylation sites (N-methyl/N-ethyl adjacent to an activating group) is 1. The van der Waals surface area contributed by atoms with Gasteiger partial charge < -0.3 is 14.5 Å². The summed E-state index contributed by atoms with van der Waals surface area (Å²) in [5.74, 6) is 7.41. The summed E-state index contributed by atoms with van der Waals surface area (Å²) in [4.78, 5) is 15.7. The van der Waals surface area contributed by atoms with Gasteiger partial charge in [-0.3, -0.25) is 9.88 Å². The number of piperidine rings is 1. The number of nitrogens with zero attached hydrogens (tertiary/aromatic N) is 5. The third-order valence-electron chi connectivity index (χ3n) is 5.05. The van der Waals surface area contributed by atoms with Crippen LogP contribution in [0.4, 0.5) is 5.82 Å². The second-order valence-electron chi connectivity index (χ2n) is 6.62. The number of anilines is 1. The lowest BCUT2D eigenvalue weighted by atomic mass is 10.1. The molecule has 6 nitrogen and oxygen atoms in total. The van der Waals surface area contributed by atoms with E-state index in [0.29, 0.717) is 12.7 Å². The molecular formula is C19H29N5O. The van der Waals surface area contributed by atoms with Crippen molar-refractivity contribution in [2.45, 2.75) is 25.9 Å². The molecule has 0 saturated carbocycles. The highest BCUT2D eigenvalue weighted by Crippen LogP contribution is 2.18. The van der Waals surface area contributed by atoms with Crippen LogP contribution in [0.5, 0.6) is 0 Å². The van der Waals surface area contributed by atoms with Gasteiger partial charge in [-0.15, -0.1) is 0 Å². The quantitative estimate of drug-likeness (QED) is 0.746. The van der Waals surface area contributed by atoms with Crippen molar-refractivity contribution in [1.82, 2.24) is 19.8 Å². The lowest BCUT2D eigenvalue weighted by Gasteiger charge is -2.32. The lowest BCUT2D eigenvalue weighted by molar-refractivity contribution is 0.0593. The van der Waals surface area contributed by atoms with Crippen molar-refractivity contribution in [1.29, 1.82) is 0 Å². The van der Waals surface area contributed by atoms with Crippen LogP contribution in [0.15, 0.2) is 18.6 Å². The Morgan fingerprint density at radius 3 is 2.48 bits per heavy atom. The average molecular weight is 343 g/mol. The molecule has 0 radical (unpaired) electrons. The van der Waals surface area contributed by atoms with Gasteiger partial charge in [0.05, 0.1) is 18.8 Å². The number of hydrogen-bond acceptors (Lipinski definition) is 6. The fourth-order valence-electron chi connectivity index (χ4n) is 3.35. The molecule has 2 aliphatic rings. The van der Waals surface area contributed by atoms with E-state index in [1.807, 2.05) is 6.20 Å². The van der Waals surface area contributed by atoms with E-state index in [2.05, 4.69) is 43.4 Å². The molecule has 2 saturated heterocycles. The molecule has 0 atom stereocenters. The van der Waals surface area contributed by atoms with Crippen molar-refractivity contribution in [2.24, 2.45) is 0 Å². The molecule has 2 fully saturated rings. The first-order valence-electron chi connectivity index (χ1n) is 9.38. The minimum Gasteiger partial charge on any atom is -0.365 e. The molecule has 1 aromatic rings. The van der Waals surface area contributed by atoms with E-state index in [1.54, 1.807) is 12.4 Å². The normalized spacial score (nSPS) is 20.3. The van der Waals surface area contributed by atoms with Gasteiger partial charge in [0, 0.05) is 51.7 Å². The molecule has 0 bridgehead atoms. The van der Waals surface area contributed by atoms with E-state index in [0.717, 1.165) is 57.9 Å². The molecule has 3 heterocycles. The first-order chi connectivity index (χ1) is 12.3. The van der Waals surface area contributed by atoms with Crippen molar-refractivity contribution in [3.63, 3.8) is 0 Å². The summed E-state index contributed by atoms with van der Waals surface area (Å²) in [7, 11) is 0. The molecule has 0 unspecified atom stereocenters. The van der Waals surface area contributed by atoms with Crippen molar-refractivity contribution < 1.29 is 4.74 Å². The van der Waals surface area contributed by atoms with Gasteiger partial charge in [-0.05, 0) is 19.4 Å². The Labute approximate surface area is 151 Å². The zero-order chi connectivity index (χ0) is 17.3. The summed E-state index contributed by atoms with van der Waals surface area (Å²) in [6.07, 6.45) is 7.65. The van der Waals surface area contributed by atoms with E-state index in [9.17, 15) is 0 Å². The van der Waals surface area contributed by atoms with Gasteiger partial charge in [0.15, 0.2) is 0 Å². The van der Waals surface area contributed by atoms with Crippen LogP contribution in [-0.2, 0) is 4.74 Å². The fraction of sp³-hybridized carbons (Fsp3) is 0.684. The third kappa shape index (κ3) is 5.67. The molecule has 1 aromatic heterocycles. The average Bonchev–Trinajstić information content (AvgIpc) is 2.69. The first kappa shape index (κ1) is 18.1. The van der Waals surface area contributed by atoms with Crippen LogP contribution < -0.4 is 4.90 Å². The Hall–Kier alpha value is -1.68. The zero-order valence-corrected chi connectivity index (χ0v) is 15.2. The highest BCUT2D eigenvalue weighted by Gasteiger charge is 2.20. The smallest absolute Gasteiger partial charge is 0.147 e. The van der Waals surface area contributed by atoms with Crippen LogP contribution in [-0.4, -0.2) is 84.8 Å². The SMILES string of the molecule is CCN1CCN(CC#CCOC2CCN(c3cnccn3)CC2)CC1. The van der Waals surface area contributed by atoms with Gasteiger partial charge in [0.2, 0.25) is 0 Å². The highest BCUT2D eigenvalue weighted by molar-refractivity contribution is 5.35. The Balaban J connectivity index is 1.29. The monoisotopic (exact) mass is 343 g/mol. The number of piperazine rings is 1. The molecule has 0 N–H and O–H groups in total. The van der Waals surface area contributed by atoms with Crippen molar-refractivity contribution in [3.8, 4) is 11.8 Å². The molecule has 3 rings (SSSR count). The number of aromatic nitrogens is 2. The van der Waals surface area contributed by atoms with Crippen LogP contribution in [0.2, 0.25) is 0 Å². The van der Waals surface area contributed by atoms with Crippen LogP contribution in [0.25, 0.3) is 0 Å². The number of ether oxygens (including phenoxy) is 1. The Kier molecular flexibility index (Phi) is 7.04. The fourth-order valence-corrected chi connectivity index (χ4v) is 3.35. The van der Waals surface area contributed by atoms with Gasteiger partial charge in [0.1, 0.15) is 12.4 Å². The molecule has 0 aliphatic carbocycles. The summed E-state index contributed by atoms with van der Waals surface area (Å²) >= 11 is 0. The summed E-state index contributed by atoms with van der Waals surface area (Å²) in [6.45, 7) is 11.3. The lowest BCUT2D eigenvalue weighted by Crippen LogP contribution is -2.46. The second kappa shape index (κ2) is 9.71. The highest BCUT2D eigenvalue weighted by atomic mass is 16.5. The van der Waals surface area contributed by atoms with Crippen LogP contribution in [0.3, 0.4) is 0 Å². The molecule has 0 amide bonds. The summed E-state index contributed by atoms with van der Waals surface area (Å²) in [6, 6.07) is 0. The van der Waals surface area contributed by atoms with Gasteiger partial charge in [-0.1, -0.05) is 18.8 Å². The molecule has 2 aliphatic heterocycles. The summed E-state index contributed by atoms with van der Waals surface area (Å²) in [5.41, 5.74) is 0. The standard InChI is InChI=1S/C19H29N5O/c1-2-22-12-14-23(15-13-22)9-3-4-16-25-18-5-10-24(11-6-18)19-17-20-7-8-21-19/h7-8,17-18H,2,5-6,9-16H2,1H3. The van der Waals surface area contributed by atoms with E-state index in [1.165, 1.54) is 13.1 Å². The Bertz CT molecular complexity index is 554. The minimum atomic E-state index is 0.315. The van der Waals surface area contributed by atoms with Crippen molar-refractivity contribution in [3.05, 3.63) is 18.6 Å². The van der Waals surface area contributed by atoms with Crippen LogP contribution in [0.1, 0.15) is 19.8 Å². The third-order valence-corrected chi connectivity index (χ3v) is 5.05. The van der Waals surface area contributed by atoms with E-state index >= 15 is 0 Å². The molecule has 25 heavy (non-hydrogen) atoms. The predicted molar refractivity (Wildman–Crippen MR) is 99.5 cm³/mol. The maximum atomic E-state index is 5.93. The number of rotatable bonds is 5. The first-order valence-corrected chi connectivity index (χ1v) is 9.38. The molecule has 6 heteroatoms. The predicted octanol–water partition coefficient (Wildman–Crippen LogP) is 1.10. The van der Waals surface area contributed by atoms with Gasteiger partial charge in [-0.25, -0.2) is 4.98 Å². The van der Waals surface area contributed by atoms with Gasteiger partial charge in [0.25, 0.3) is 0 Å². The molecule has 136 valence electrons. The minimum absolute atomic E-state index is 0.315. The maximum absolute atomic E-state index is 5.93. The maximum Gasteiger partial charge on any atom is 0.147 e. The largest absolute Gasteiger partial charge is 0.365 e. The molecule has 0 aromatic carbocycles. The summed E-state index contributed by atoms with van der Waals surface area (Å²) < 4.78 is 5.93. The van der Waals surface area contributed by atoms with Gasteiger partial charge in [-0.2, -0.15) is 0 Å². The molecule has 0 spiro atoms. The summed E-state index contributed by atoms with van der Waals surface area (Å²) in [5, 5.41) is 0. The Morgan fingerprint density at radius 2 is 1.80 bits per heavy atom. The zero-order valence-electron chi connectivity index (χ0n) is 15.2. The molecular weight excluding hydrogens is 314 g/mol. The van der Waals surface area contributed by atoms with E-state index in [-0.39, 0.29) is 0 Å². The van der Waals surface area contributed by atoms with Crippen molar-refractivity contribution >= 4 is 5.82 Å².